The van der Waals surface area contributed by atoms with Gasteiger partial charge in [0.25, 0.3) is 0 Å². The van der Waals surface area contributed by atoms with Crippen LogP contribution >= 0.6 is 0 Å². The highest BCUT2D eigenvalue weighted by Crippen LogP contribution is 2.15. The molecule has 0 aromatic carbocycles. The zero-order valence-electron chi connectivity index (χ0n) is 7.00. The molecule has 68 valence electrons. The van der Waals surface area contributed by atoms with Gasteiger partial charge in [-0.15, -0.1) is 0 Å². The van der Waals surface area contributed by atoms with Gasteiger partial charge in [-0.1, -0.05) is 5.16 Å². The minimum absolute atomic E-state index is 0.0949. The van der Waals surface area contributed by atoms with E-state index in [-0.39, 0.29) is 18.1 Å². The highest BCUT2D eigenvalue weighted by molar-refractivity contribution is 6.03. The highest BCUT2D eigenvalue weighted by Gasteiger charge is 2.17. The molecule has 0 aliphatic rings. The van der Waals surface area contributed by atoms with E-state index in [9.17, 15) is 4.79 Å². The van der Waals surface area contributed by atoms with Crippen LogP contribution in [0.2, 0.25) is 0 Å². The van der Waals surface area contributed by atoms with E-state index in [0.717, 1.165) is 0 Å². The number of H-pyrrole nitrogens is 1. The summed E-state index contributed by atoms with van der Waals surface area (Å²) in [7, 11) is 0. The Balaban J connectivity index is 2.62. The Morgan fingerprint density at radius 2 is 2.46 bits per heavy atom. The smallest absolute Gasteiger partial charge is 0.229 e. The summed E-state index contributed by atoms with van der Waals surface area (Å²) in [5, 5.41) is 3.61. The van der Waals surface area contributed by atoms with E-state index in [1.165, 1.54) is 0 Å². The predicted octanol–water partition coefficient (Wildman–Crippen LogP) is 0.000720. The number of aryl methyl sites for hydroxylation is 1. The number of nitrogens with two attached hydrogens (primary N) is 1. The SMILES string of the molecule is Cc1nc2noc(C(=O)CN)c2[nH]1. The molecule has 0 spiro atoms. The van der Waals surface area contributed by atoms with Crippen LogP contribution in [0.5, 0.6) is 0 Å². The third-order valence-corrected chi connectivity index (χ3v) is 1.69. The van der Waals surface area contributed by atoms with E-state index in [0.29, 0.717) is 17.0 Å². The predicted molar refractivity (Wildman–Crippen MR) is 44.3 cm³/mol. The van der Waals surface area contributed by atoms with Crippen LogP contribution in [-0.4, -0.2) is 27.5 Å². The number of ketones is 1. The summed E-state index contributed by atoms with van der Waals surface area (Å²) in [5.41, 5.74) is 6.12. The van der Waals surface area contributed by atoms with Crippen molar-refractivity contribution in [2.24, 2.45) is 5.73 Å². The van der Waals surface area contributed by atoms with Crippen molar-refractivity contribution in [3.63, 3.8) is 0 Å². The third kappa shape index (κ3) is 1.11. The van der Waals surface area contributed by atoms with Gasteiger partial charge in [0.2, 0.25) is 17.2 Å². The number of aromatic nitrogens is 3. The molecule has 2 heterocycles. The largest absolute Gasteiger partial charge is 0.348 e. The molecular formula is C7H8N4O2. The van der Waals surface area contributed by atoms with E-state index in [1.807, 2.05) is 0 Å². The van der Waals surface area contributed by atoms with Gasteiger partial charge in [0.1, 0.15) is 11.3 Å². The first-order chi connectivity index (χ1) is 6.22. The van der Waals surface area contributed by atoms with Gasteiger partial charge in [-0.25, -0.2) is 4.98 Å². The lowest BCUT2D eigenvalue weighted by Crippen LogP contribution is -2.13. The summed E-state index contributed by atoms with van der Waals surface area (Å²) in [4.78, 5) is 18.1. The number of fused-ring (bicyclic) bond motifs is 1. The number of hydrogen-bond acceptors (Lipinski definition) is 5. The summed E-state index contributed by atoms with van der Waals surface area (Å²) >= 11 is 0. The molecule has 13 heavy (non-hydrogen) atoms. The first-order valence-corrected chi connectivity index (χ1v) is 3.77. The van der Waals surface area contributed by atoms with Gasteiger partial charge < -0.3 is 15.2 Å². The van der Waals surface area contributed by atoms with Gasteiger partial charge in [-0.05, 0) is 6.92 Å². The van der Waals surface area contributed by atoms with Crippen LogP contribution in [0.15, 0.2) is 4.52 Å². The molecule has 0 amide bonds. The number of imidazole rings is 1. The number of hydrogen-bond donors (Lipinski definition) is 2. The molecular weight excluding hydrogens is 172 g/mol. The van der Waals surface area contributed by atoms with Crippen LogP contribution in [0.4, 0.5) is 0 Å². The number of Topliss-reactive ketones (excluding diaryl/α,β-unsaturated/α-hetero) is 1. The summed E-state index contributed by atoms with van der Waals surface area (Å²) in [6.45, 7) is 1.68. The molecule has 0 unspecified atom stereocenters. The molecule has 0 saturated carbocycles. The number of carbonyl (C=O) groups is 1. The average molecular weight is 180 g/mol. The van der Waals surface area contributed by atoms with Crippen molar-refractivity contribution in [1.29, 1.82) is 0 Å². The molecule has 0 saturated heterocycles. The normalized spacial score (nSPS) is 10.9. The molecule has 0 radical (unpaired) electrons. The molecule has 2 aromatic heterocycles. The second-order valence-electron chi connectivity index (χ2n) is 2.66. The number of carbonyl (C=O) groups excluding carboxylic acids is 1. The summed E-state index contributed by atoms with van der Waals surface area (Å²) in [6, 6.07) is 0. The number of nitrogens with one attached hydrogen (secondary N) is 1. The van der Waals surface area contributed by atoms with E-state index >= 15 is 0 Å². The Morgan fingerprint density at radius 3 is 3.15 bits per heavy atom. The first kappa shape index (κ1) is 7.93. The molecule has 3 N–H and O–H groups in total. The van der Waals surface area contributed by atoms with Gasteiger partial charge in [0.15, 0.2) is 0 Å². The van der Waals surface area contributed by atoms with Crippen LogP contribution in [-0.2, 0) is 0 Å². The van der Waals surface area contributed by atoms with Crippen molar-refractivity contribution in [1.82, 2.24) is 15.1 Å². The Kier molecular flexibility index (Phi) is 1.63. The molecule has 0 aliphatic heterocycles. The fraction of sp³-hybridized carbons (Fsp3) is 0.286. The topological polar surface area (TPSA) is 97.8 Å². The molecule has 6 nitrogen and oxygen atoms in total. The van der Waals surface area contributed by atoms with Crippen molar-refractivity contribution >= 4 is 16.9 Å². The van der Waals surface area contributed by atoms with Crippen molar-refractivity contribution in [2.45, 2.75) is 6.92 Å². The highest BCUT2D eigenvalue weighted by atomic mass is 16.5. The minimum Gasteiger partial charge on any atom is -0.348 e. The number of rotatable bonds is 2. The number of nitrogens with zero attached hydrogens (tertiary/aromatic N) is 2. The first-order valence-electron chi connectivity index (χ1n) is 3.77. The maximum absolute atomic E-state index is 11.2. The quantitative estimate of drug-likeness (QED) is 0.634. The lowest BCUT2D eigenvalue weighted by atomic mass is 10.3. The van der Waals surface area contributed by atoms with Crippen LogP contribution in [0.3, 0.4) is 0 Å². The third-order valence-electron chi connectivity index (χ3n) is 1.69. The summed E-state index contributed by atoms with van der Waals surface area (Å²) in [5.74, 6) is 0.559. The number of aromatic amines is 1. The maximum atomic E-state index is 11.2. The van der Waals surface area contributed by atoms with Gasteiger partial charge in [0, 0.05) is 0 Å². The van der Waals surface area contributed by atoms with E-state index < -0.39 is 0 Å². The van der Waals surface area contributed by atoms with Gasteiger partial charge >= 0.3 is 0 Å². The van der Waals surface area contributed by atoms with Crippen molar-refractivity contribution in [3.8, 4) is 0 Å². The van der Waals surface area contributed by atoms with Crippen LogP contribution in [0.1, 0.15) is 16.4 Å². The molecule has 0 atom stereocenters. The average Bonchev–Trinajstić information content (AvgIpc) is 2.61. The Hall–Kier alpha value is -1.69. The van der Waals surface area contributed by atoms with Crippen LogP contribution < -0.4 is 5.73 Å². The van der Waals surface area contributed by atoms with Crippen molar-refractivity contribution < 1.29 is 9.32 Å². The fourth-order valence-corrected chi connectivity index (χ4v) is 1.12. The van der Waals surface area contributed by atoms with E-state index in [2.05, 4.69) is 15.1 Å². The van der Waals surface area contributed by atoms with Crippen molar-refractivity contribution in [2.75, 3.05) is 6.54 Å². The Labute approximate surface area is 73.1 Å². The van der Waals surface area contributed by atoms with Gasteiger partial charge in [0.05, 0.1) is 6.54 Å². The summed E-state index contributed by atoms with van der Waals surface area (Å²) < 4.78 is 4.79. The Bertz CT molecular complexity index is 456. The van der Waals surface area contributed by atoms with Gasteiger partial charge in [-0.2, -0.15) is 0 Å². The zero-order chi connectivity index (χ0) is 9.42. The maximum Gasteiger partial charge on any atom is 0.229 e. The molecule has 0 aliphatic carbocycles. The fourth-order valence-electron chi connectivity index (χ4n) is 1.12. The van der Waals surface area contributed by atoms with Crippen LogP contribution in [0.25, 0.3) is 11.2 Å². The molecule has 2 rings (SSSR count). The zero-order valence-corrected chi connectivity index (χ0v) is 7.00. The van der Waals surface area contributed by atoms with Gasteiger partial charge in [-0.3, -0.25) is 4.79 Å². The standard InChI is InChI=1S/C7H8N4O2/c1-3-9-5-6(4(12)2-8)13-11-7(5)10-3/h2,8H2,1H3,(H,9,10,11). The lowest BCUT2D eigenvalue weighted by Gasteiger charge is -1.87. The monoisotopic (exact) mass is 180 g/mol. The van der Waals surface area contributed by atoms with E-state index in [1.54, 1.807) is 6.92 Å². The second kappa shape index (κ2) is 2.67. The molecule has 6 heteroatoms. The molecule has 0 bridgehead atoms. The van der Waals surface area contributed by atoms with E-state index in [4.69, 9.17) is 10.3 Å². The second-order valence-corrected chi connectivity index (χ2v) is 2.66. The lowest BCUT2D eigenvalue weighted by molar-refractivity contribution is 0.0968. The van der Waals surface area contributed by atoms with Crippen molar-refractivity contribution in [3.05, 3.63) is 11.6 Å². The Morgan fingerprint density at radius 1 is 1.69 bits per heavy atom. The summed E-state index contributed by atoms with van der Waals surface area (Å²) in [6.07, 6.45) is 0. The molecule has 0 fully saturated rings. The minimum atomic E-state index is -0.286. The van der Waals surface area contributed by atoms with Crippen LogP contribution in [0, 0.1) is 6.92 Å². The molecule has 2 aromatic rings.